The van der Waals surface area contributed by atoms with Crippen molar-refractivity contribution in [3.8, 4) is 5.75 Å². The molecule has 0 aromatic heterocycles. The van der Waals surface area contributed by atoms with E-state index in [1.165, 1.54) is 0 Å². The van der Waals surface area contributed by atoms with E-state index in [4.69, 9.17) is 9.47 Å². The number of hydrogen-bond acceptors (Lipinski definition) is 4. The second-order valence-electron chi connectivity index (χ2n) is 6.82. The van der Waals surface area contributed by atoms with Crippen LogP contribution in [-0.2, 0) is 9.53 Å². The Hall–Kier alpha value is -3.80. The molecule has 0 saturated heterocycles. The first-order chi connectivity index (χ1) is 14.6. The van der Waals surface area contributed by atoms with Crippen LogP contribution in [0.5, 0.6) is 5.75 Å². The first-order valence-electron chi connectivity index (χ1n) is 9.74. The van der Waals surface area contributed by atoms with E-state index in [9.17, 15) is 9.59 Å². The van der Waals surface area contributed by atoms with Gasteiger partial charge in [0.05, 0.1) is 31.0 Å². The lowest BCUT2D eigenvalue weighted by atomic mass is 9.90. The fourth-order valence-electron chi connectivity index (χ4n) is 3.77. The quantitative estimate of drug-likeness (QED) is 0.628. The summed E-state index contributed by atoms with van der Waals surface area (Å²) >= 11 is 0. The summed E-state index contributed by atoms with van der Waals surface area (Å²) in [6, 6.07) is 19.8. The van der Waals surface area contributed by atoms with Gasteiger partial charge in [-0.3, -0.25) is 0 Å². The van der Waals surface area contributed by atoms with Crippen molar-refractivity contribution < 1.29 is 19.1 Å². The zero-order valence-corrected chi connectivity index (χ0v) is 16.8. The molecule has 0 fully saturated rings. The molecule has 1 heterocycles. The smallest absolute Gasteiger partial charge is 0.338 e. The van der Waals surface area contributed by atoms with Gasteiger partial charge >= 0.3 is 12.0 Å². The third-order valence-electron chi connectivity index (χ3n) is 5.05. The molecule has 0 bridgehead atoms. The van der Waals surface area contributed by atoms with Gasteiger partial charge in [-0.1, -0.05) is 66.7 Å². The molecule has 1 aliphatic rings. The molecule has 2 amide bonds. The van der Waals surface area contributed by atoms with E-state index in [2.05, 4.69) is 10.6 Å². The topological polar surface area (TPSA) is 76.7 Å². The highest BCUT2D eigenvalue weighted by Crippen LogP contribution is 2.39. The largest absolute Gasteiger partial charge is 0.496 e. The van der Waals surface area contributed by atoms with Crippen molar-refractivity contribution in [2.45, 2.75) is 13.0 Å². The van der Waals surface area contributed by atoms with Gasteiger partial charge in [0.2, 0.25) is 0 Å². The predicted molar refractivity (Wildman–Crippen MR) is 115 cm³/mol. The van der Waals surface area contributed by atoms with E-state index >= 15 is 0 Å². The van der Waals surface area contributed by atoms with Crippen LogP contribution in [-0.4, -0.2) is 25.7 Å². The molecule has 2 N–H and O–H groups in total. The molecule has 6 heteroatoms. The molecule has 152 valence electrons. The lowest BCUT2D eigenvalue weighted by Crippen LogP contribution is -2.45. The van der Waals surface area contributed by atoms with Crippen molar-refractivity contribution in [2.24, 2.45) is 0 Å². The SMILES string of the molecule is CCOC(=O)C1=C(c2ccccc2)NC(=O)NC1c1ccc2ccccc2c1OC. The number of esters is 1. The number of carbonyl (C=O) groups is 2. The van der Waals surface area contributed by atoms with Gasteiger partial charge in [0, 0.05) is 10.9 Å². The second-order valence-corrected chi connectivity index (χ2v) is 6.82. The highest BCUT2D eigenvalue weighted by Gasteiger charge is 2.36. The Morgan fingerprint density at radius 1 is 1.00 bits per heavy atom. The van der Waals surface area contributed by atoms with Gasteiger partial charge in [0.1, 0.15) is 5.75 Å². The van der Waals surface area contributed by atoms with Gasteiger partial charge in [0.25, 0.3) is 0 Å². The monoisotopic (exact) mass is 402 g/mol. The van der Waals surface area contributed by atoms with Crippen molar-refractivity contribution in [2.75, 3.05) is 13.7 Å². The number of methoxy groups -OCH3 is 1. The maximum Gasteiger partial charge on any atom is 0.338 e. The highest BCUT2D eigenvalue weighted by atomic mass is 16.5. The normalized spacial score (nSPS) is 16.1. The van der Waals surface area contributed by atoms with Gasteiger partial charge in [-0.15, -0.1) is 0 Å². The summed E-state index contributed by atoms with van der Waals surface area (Å²) in [6.07, 6.45) is 0. The number of nitrogens with one attached hydrogen (secondary N) is 2. The lowest BCUT2D eigenvalue weighted by Gasteiger charge is -2.30. The molecule has 1 aliphatic heterocycles. The molecular formula is C24H22N2O4. The molecular weight excluding hydrogens is 380 g/mol. The predicted octanol–water partition coefficient (Wildman–Crippen LogP) is 4.18. The molecule has 1 atom stereocenters. The van der Waals surface area contributed by atoms with Crippen molar-refractivity contribution >= 4 is 28.5 Å². The van der Waals surface area contributed by atoms with Gasteiger partial charge in [0.15, 0.2) is 0 Å². The highest BCUT2D eigenvalue weighted by molar-refractivity contribution is 6.05. The maximum atomic E-state index is 13.0. The minimum Gasteiger partial charge on any atom is -0.496 e. The molecule has 0 radical (unpaired) electrons. The number of carbonyl (C=O) groups excluding carboxylic acids is 2. The van der Waals surface area contributed by atoms with Gasteiger partial charge in [-0.25, -0.2) is 9.59 Å². The Morgan fingerprint density at radius 2 is 1.73 bits per heavy atom. The molecule has 0 saturated carbocycles. The summed E-state index contributed by atoms with van der Waals surface area (Å²) in [7, 11) is 1.58. The molecule has 6 nitrogen and oxygen atoms in total. The lowest BCUT2D eigenvalue weighted by molar-refractivity contribution is -0.138. The Labute approximate surface area is 174 Å². The van der Waals surface area contributed by atoms with Crippen LogP contribution in [0, 0.1) is 0 Å². The van der Waals surface area contributed by atoms with Crippen LogP contribution in [0.25, 0.3) is 16.5 Å². The van der Waals surface area contributed by atoms with E-state index in [0.29, 0.717) is 22.6 Å². The first-order valence-corrected chi connectivity index (χ1v) is 9.74. The molecule has 3 aromatic rings. The minimum absolute atomic E-state index is 0.222. The first kappa shape index (κ1) is 19.5. The Balaban J connectivity index is 1.96. The fraction of sp³-hybridized carbons (Fsp3) is 0.167. The van der Waals surface area contributed by atoms with Crippen molar-refractivity contribution in [3.05, 3.63) is 83.4 Å². The fourth-order valence-corrected chi connectivity index (χ4v) is 3.77. The van der Waals surface area contributed by atoms with Crippen molar-refractivity contribution in [1.82, 2.24) is 10.6 Å². The Morgan fingerprint density at radius 3 is 2.47 bits per heavy atom. The van der Waals surface area contributed by atoms with E-state index in [1.807, 2.05) is 66.7 Å². The average molecular weight is 402 g/mol. The molecule has 0 spiro atoms. The van der Waals surface area contributed by atoms with Gasteiger partial charge in [-0.2, -0.15) is 0 Å². The van der Waals surface area contributed by atoms with Crippen molar-refractivity contribution in [1.29, 1.82) is 0 Å². The molecule has 0 aliphatic carbocycles. The summed E-state index contributed by atoms with van der Waals surface area (Å²) in [6.45, 7) is 1.97. The zero-order valence-electron chi connectivity index (χ0n) is 16.8. The number of amides is 2. The number of fused-ring (bicyclic) bond motifs is 1. The Bertz CT molecular complexity index is 1140. The van der Waals surface area contributed by atoms with Crippen LogP contribution in [0.15, 0.2) is 72.3 Å². The maximum absolute atomic E-state index is 13.0. The van der Waals surface area contributed by atoms with Gasteiger partial charge in [-0.05, 0) is 17.9 Å². The average Bonchev–Trinajstić information content (AvgIpc) is 2.78. The van der Waals surface area contributed by atoms with Crippen molar-refractivity contribution in [3.63, 3.8) is 0 Å². The second kappa shape index (κ2) is 8.29. The number of benzene rings is 3. The van der Waals surface area contributed by atoms with E-state index in [-0.39, 0.29) is 6.61 Å². The van der Waals surface area contributed by atoms with Crippen LogP contribution in [0.4, 0.5) is 4.79 Å². The molecule has 1 unspecified atom stereocenters. The van der Waals surface area contributed by atoms with E-state index in [0.717, 1.165) is 16.3 Å². The number of rotatable bonds is 5. The summed E-state index contributed by atoms with van der Waals surface area (Å²) < 4.78 is 11.1. The third kappa shape index (κ3) is 3.48. The third-order valence-corrected chi connectivity index (χ3v) is 5.05. The van der Waals surface area contributed by atoms with Crippen LogP contribution >= 0.6 is 0 Å². The molecule has 3 aromatic carbocycles. The number of hydrogen-bond donors (Lipinski definition) is 2. The van der Waals surface area contributed by atoms with E-state index in [1.54, 1.807) is 14.0 Å². The summed E-state index contributed by atoms with van der Waals surface area (Å²) in [4.78, 5) is 25.6. The summed E-state index contributed by atoms with van der Waals surface area (Å²) in [5, 5.41) is 7.56. The standard InChI is InChI=1S/C24H22N2O4/c1-3-30-23(27)19-20(16-10-5-4-6-11-16)25-24(28)26-21(19)18-14-13-15-9-7-8-12-17(15)22(18)29-2/h4-14,21H,3H2,1-2H3,(H2,25,26,28). The van der Waals surface area contributed by atoms with Crippen LogP contribution < -0.4 is 15.4 Å². The Kier molecular flexibility index (Phi) is 5.39. The van der Waals surface area contributed by atoms with Crippen LogP contribution in [0.2, 0.25) is 0 Å². The van der Waals surface area contributed by atoms with Crippen LogP contribution in [0.3, 0.4) is 0 Å². The summed E-state index contributed by atoms with van der Waals surface area (Å²) in [5.74, 6) is 0.110. The van der Waals surface area contributed by atoms with Crippen LogP contribution in [0.1, 0.15) is 24.1 Å². The zero-order chi connectivity index (χ0) is 21.1. The molecule has 30 heavy (non-hydrogen) atoms. The number of urea groups is 1. The minimum atomic E-state index is -0.729. The summed E-state index contributed by atoms with van der Waals surface area (Å²) in [5.41, 5.74) is 2.16. The number of ether oxygens (including phenoxy) is 2. The van der Waals surface area contributed by atoms with Gasteiger partial charge < -0.3 is 20.1 Å². The van der Waals surface area contributed by atoms with E-state index < -0.39 is 18.0 Å². The molecule has 4 rings (SSSR count).